The third-order valence-corrected chi connectivity index (χ3v) is 16.0. The highest BCUT2D eigenvalue weighted by Crippen LogP contribution is 2.65. The largest absolute Gasteiger partial charge is 0.458 e. The van der Waals surface area contributed by atoms with Gasteiger partial charge in [-0.2, -0.15) is 0 Å². The summed E-state index contributed by atoms with van der Waals surface area (Å²) in [6.45, 7) is 16.8. The van der Waals surface area contributed by atoms with Crippen LogP contribution in [0.15, 0.2) is 42.0 Å². The van der Waals surface area contributed by atoms with Crippen LogP contribution in [0.1, 0.15) is 96.3 Å². The number of rotatable bonds is 4. The molecular weight excluding hydrogens is 460 g/mol. The van der Waals surface area contributed by atoms with E-state index in [2.05, 4.69) is 53.8 Å². The van der Waals surface area contributed by atoms with Crippen LogP contribution in [0, 0.1) is 28.6 Å². The second-order valence-electron chi connectivity index (χ2n) is 14.4. The molecule has 0 aliphatic heterocycles. The van der Waals surface area contributed by atoms with E-state index in [4.69, 9.17) is 9.16 Å². The summed E-state index contributed by atoms with van der Waals surface area (Å²) in [5, 5.41) is 0.261. The number of allylic oxidation sites excluding steroid dienone is 1. The molecule has 3 nitrogen and oxygen atoms in total. The number of esters is 1. The van der Waals surface area contributed by atoms with E-state index in [-0.39, 0.29) is 22.5 Å². The van der Waals surface area contributed by atoms with Crippen molar-refractivity contribution in [1.29, 1.82) is 0 Å². The summed E-state index contributed by atoms with van der Waals surface area (Å²) in [4.78, 5) is 12.9. The molecule has 0 heterocycles. The number of ether oxygens (including phenoxy) is 1. The Hall–Kier alpha value is -1.39. The van der Waals surface area contributed by atoms with E-state index >= 15 is 0 Å². The summed E-state index contributed by atoms with van der Waals surface area (Å²) in [5.74, 6) is 1.98. The lowest BCUT2D eigenvalue weighted by molar-refractivity contribution is -0.0774. The molecule has 0 N–H and O–H groups in total. The molecule has 4 aliphatic rings. The lowest BCUT2D eigenvalue weighted by Gasteiger charge is -2.58. The molecule has 0 radical (unpaired) electrons. The van der Waals surface area contributed by atoms with Crippen molar-refractivity contribution in [2.24, 2.45) is 28.6 Å². The van der Waals surface area contributed by atoms with Gasteiger partial charge in [0.15, 0.2) is 8.32 Å². The topological polar surface area (TPSA) is 35.5 Å². The molecule has 4 heteroatoms. The predicted octanol–water partition coefficient (Wildman–Crippen LogP) is 8.57. The normalized spacial score (nSPS) is 38.4. The molecule has 1 aromatic carbocycles. The summed E-state index contributed by atoms with van der Waals surface area (Å²) in [5.41, 5.74) is 2.78. The molecule has 0 bridgehead atoms. The molecule has 0 unspecified atom stereocenters. The van der Waals surface area contributed by atoms with E-state index in [1.165, 1.54) is 38.5 Å². The summed E-state index contributed by atoms with van der Waals surface area (Å²) >= 11 is 0. The zero-order valence-corrected chi connectivity index (χ0v) is 24.7. The van der Waals surface area contributed by atoms with Gasteiger partial charge in [0.25, 0.3) is 0 Å². The Bertz CT molecular complexity index is 1010. The van der Waals surface area contributed by atoms with Crippen LogP contribution in [0.2, 0.25) is 18.1 Å². The lowest BCUT2D eigenvalue weighted by atomic mass is 9.48. The first-order valence-corrected chi connectivity index (χ1v) is 17.4. The summed E-state index contributed by atoms with van der Waals surface area (Å²) in [7, 11) is -1.75. The molecule has 0 amide bonds. The minimum atomic E-state index is -1.75. The Morgan fingerprint density at radius 2 is 1.69 bits per heavy atom. The monoisotopic (exact) mass is 508 g/mol. The van der Waals surface area contributed by atoms with Gasteiger partial charge in [0, 0.05) is 11.5 Å². The summed E-state index contributed by atoms with van der Waals surface area (Å²) in [6.07, 6.45) is 12.5. The number of fused-ring (bicyclic) bond motifs is 5. The molecule has 3 saturated carbocycles. The van der Waals surface area contributed by atoms with Gasteiger partial charge in [0.2, 0.25) is 0 Å². The molecule has 0 spiro atoms. The van der Waals surface area contributed by atoms with Crippen LogP contribution in [0.25, 0.3) is 0 Å². The van der Waals surface area contributed by atoms with E-state index in [0.717, 1.165) is 24.7 Å². The zero-order chi connectivity index (χ0) is 25.9. The second kappa shape index (κ2) is 9.12. The Morgan fingerprint density at radius 3 is 2.39 bits per heavy atom. The van der Waals surface area contributed by atoms with E-state index in [0.29, 0.717) is 23.0 Å². The van der Waals surface area contributed by atoms with Crippen molar-refractivity contribution in [2.45, 2.75) is 116 Å². The summed E-state index contributed by atoms with van der Waals surface area (Å²) in [6, 6.07) is 9.52. The van der Waals surface area contributed by atoms with Gasteiger partial charge in [0.05, 0.1) is 5.56 Å². The maximum atomic E-state index is 12.9. The third-order valence-electron chi connectivity index (χ3n) is 11.5. The van der Waals surface area contributed by atoms with Crippen molar-refractivity contribution in [2.75, 3.05) is 0 Å². The van der Waals surface area contributed by atoms with Crippen LogP contribution in [0.3, 0.4) is 0 Å². The number of benzene rings is 1. The zero-order valence-electron chi connectivity index (χ0n) is 23.7. The summed E-state index contributed by atoms with van der Waals surface area (Å²) < 4.78 is 13.1. The van der Waals surface area contributed by atoms with Crippen LogP contribution in [0.4, 0.5) is 0 Å². The quantitative estimate of drug-likeness (QED) is 0.232. The Labute approximate surface area is 220 Å². The highest BCUT2D eigenvalue weighted by molar-refractivity contribution is 6.74. The average Bonchev–Trinajstić information content (AvgIpc) is 3.15. The van der Waals surface area contributed by atoms with Gasteiger partial charge in [-0.1, -0.05) is 64.5 Å². The van der Waals surface area contributed by atoms with Gasteiger partial charge < -0.3 is 9.16 Å². The molecule has 4 aliphatic carbocycles. The number of carbonyl (C=O) groups is 1. The number of carbonyl (C=O) groups excluding carboxylic acids is 1. The molecule has 0 saturated heterocycles. The van der Waals surface area contributed by atoms with Crippen molar-refractivity contribution in [3.8, 4) is 0 Å². The number of hydrogen-bond acceptors (Lipinski definition) is 3. The minimum absolute atomic E-state index is 0.0445. The van der Waals surface area contributed by atoms with Gasteiger partial charge in [-0.05, 0) is 105 Å². The fourth-order valence-electron chi connectivity index (χ4n) is 8.24. The molecule has 0 aromatic heterocycles. The third kappa shape index (κ3) is 4.34. The fraction of sp³-hybridized carbons (Fsp3) is 0.719. The standard InChI is InChI=1S/C32H48O3Si/c1-30(2,3)36(6,7)35-24-17-19-31(4)23(21-24)13-14-25-26-15-16-28(32(26,5)20-18-27(25)31)34-29(33)22-11-9-8-10-12-22/h8-13,24-28H,14-21H2,1-7H3/t24-,25-,26-,27-,28+,31-,32-/m0/s1. The maximum absolute atomic E-state index is 12.9. The van der Waals surface area contributed by atoms with E-state index in [1.807, 2.05) is 30.3 Å². The second-order valence-corrected chi connectivity index (χ2v) is 19.1. The maximum Gasteiger partial charge on any atom is 0.338 e. The van der Waals surface area contributed by atoms with Crippen LogP contribution in [0.5, 0.6) is 0 Å². The van der Waals surface area contributed by atoms with Gasteiger partial charge in [0.1, 0.15) is 6.10 Å². The Morgan fingerprint density at radius 1 is 0.972 bits per heavy atom. The molecule has 7 atom stereocenters. The molecule has 36 heavy (non-hydrogen) atoms. The Balaban J connectivity index is 1.30. The van der Waals surface area contributed by atoms with Crippen molar-refractivity contribution >= 4 is 14.3 Å². The van der Waals surface area contributed by atoms with Crippen molar-refractivity contribution in [1.82, 2.24) is 0 Å². The van der Waals surface area contributed by atoms with E-state index in [1.54, 1.807) is 5.57 Å². The molecular formula is C32H48O3Si. The molecule has 198 valence electrons. The van der Waals surface area contributed by atoms with Gasteiger partial charge in [-0.25, -0.2) is 4.79 Å². The smallest absolute Gasteiger partial charge is 0.338 e. The first kappa shape index (κ1) is 26.2. The van der Waals surface area contributed by atoms with Crippen LogP contribution >= 0.6 is 0 Å². The molecule has 5 rings (SSSR count). The fourth-order valence-corrected chi connectivity index (χ4v) is 9.63. The average molecular weight is 509 g/mol. The van der Waals surface area contributed by atoms with Crippen LogP contribution in [-0.4, -0.2) is 26.5 Å². The lowest BCUT2D eigenvalue weighted by Crippen LogP contribution is -2.52. The van der Waals surface area contributed by atoms with Gasteiger partial charge in [-0.3, -0.25) is 0 Å². The first-order chi connectivity index (χ1) is 16.8. The van der Waals surface area contributed by atoms with Gasteiger partial charge >= 0.3 is 5.97 Å². The number of hydrogen-bond donors (Lipinski definition) is 0. The predicted molar refractivity (Wildman–Crippen MR) is 149 cm³/mol. The molecule has 1 aromatic rings. The SMILES string of the molecule is CC(C)(C)[Si](C)(C)O[C@H]1CC[C@@]2(C)C(=CC[C@H]3[C@@H]4CC[C@@H](OC(=O)c5ccccc5)[C@@]4(C)CC[C@@H]32)C1. The van der Waals surface area contributed by atoms with Crippen LogP contribution in [-0.2, 0) is 9.16 Å². The highest BCUT2D eigenvalue weighted by atomic mass is 28.4. The van der Waals surface area contributed by atoms with E-state index < -0.39 is 8.32 Å². The van der Waals surface area contributed by atoms with Crippen molar-refractivity contribution in [3.05, 3.63) is 47.5 Å². The highest BCUT2D eigenvalue weighted by Gasteiger charge is 2.60. The Kier molecular flexibility index (Phi) is 6.64. The first-order valence-electron chi connectivity index (χ1n) is 14.5. The van der Waals surface area contributed by atoms with Crippen LogP contribution < -0.4 is 0 Å². The minimum Gasteiger partial charge on any atom is -0.458 e. The van der Waals surface area contributed by atoms with Crippen molar-refractivity contribution in [3.63, 3.8) is 0 Å². The molecule has 3 fully saturated rings. The van der Waals surface area contributed by atoms with Gasteiger partial charge in [-0.15, -0.1) is 0 Å². The van der Waals surface area contributed by atoms with E-state index in [9.17, 15) is 4.79 Å². The van der Waals surface area contributed by atoms with Crippen molar-refractivity contribution < 1.29 is 14.0 Å².